The maximum Gasteiger partial charge on any atom is 0.163 e. The van der Waals surface area contributed by atoms with Gasteiger partial charge in [0.1, 0.15) is 5.82 Å². The van der Waals surface area contributed by atoms with Crippen LogP contribution in [0, 0.1) is 6.92 Å². The molecule has 0 aliphatic carbocycles. The van der Waals surface area contributed by atoms with Crippen LogP contribution in [0.3, 0.4) is 0 Å². The maximum atomic E-state index is 4.69. The minimum atomic E-state index is 0.363. The Labute approximate surface area is 142 Å². The first kappa shape index (κ1) is 16.1. The summed E-state index contributed by atoms with van der Waals surface area (Å²) in [5.41, 5.74) is 3.01. The van der Waals surface area contributed by atoms with E-state index in [0.29, 0.717) is 11.9 Å². The first-order valence-electron chi connectivity index (χ1n) is 8.03. The minimum absolute atomic E-state index is 0.363. The van der Waals surface area contributed by atoms with Crippen molar-refractivity contribution in [3.05, 3.63) is 54.2 Å². The second kappa shape index (κ2) is 6.78. The highest BCUT2D eigenvalue weighted by Gasteiger charge is 2.10. The highest BCUT2D eigenvalue weighted by Crippen LogP contribution is 2.20. The van der Waals surface area contributed by atoms with Crippen LogP contribution in [0.15, 0.2) is 43.0 Å². The summed E-state index contributed by atoms with van der Waals surface area (Å²) in [4.78, 5) is 15.5. The van der Waals surface area contributed by atoms with Gasteiger partial charge >= 0.3 is 0 Å². The first-order valence-corrected chi connectivity index (χ1v) is 8.03. The molecule has 6 nitrogen and oxygen atoms in total. The normalized spacial score (nSPS) is 11.0. The van der Waals surface area contributed by atoms with Crippen LogP contribution in [0.4, 0.5) is 5.82 Å². The van der Waals surface area contributed by atoms with Crippen LogP contribution in [0.1, 0.15) is 31.1 Å². The Bertz CT molecular complexity index is 809. The number of aromatic nitrogens is 5. The highest BCUT2D eigenvalue weighted by atomic mass is 15.3. The van der Waals surface area contributed by atoms with Gasteiger partial charge in [-0.05, 0) is 32.9 Å². The first-order chi connectivity index (χ1) is 11.5. The Morgan fingerprint density at radius 1 is 1.21 bits per heavy atom. The van der Waals surface area contributed by atoms with E-state index < -0.39 is 0 Å². The van der Waals surface area contributed by atoms with Crippen LogP contribution < -0.4 is 4.90 Å². The molecule has 0 amide bonds. The summed E-state index contributed by atoms with van der Waals surface area (Å²) >= 11 is 0. The molecule has 0 radical (unpaired) electrons. The molecular weight excluding hydrogens is 300 g/mol. The molecule has 3 rings (SSSR count). The Kier molecular flexibility index (Phi) is 4.55. The van der Waals surface area contributed by atoms with E-state index in [0.717, 1.165) is 29.2 Å². The van der Waals surface area contributed by atoms with Gasteiger partial charge in [0, 0.05) is 61.1 Å². The quantitative estimate of drug-likeness (QED) is 0.721. The van der Waals surface area contributed by atoms with Crippen molar-refractivity contribution in [1.29, 1.82) is 0 Å². The number of aryl methyl sites for hydroxylation is 1. The summed E-state index contributed by atoms with van der Waals surface area (Å²) < 4.78 is 1.97. The molecule has 6 heteroatoms. The highest BCUT2D eigenvalue weighted by molar-refractivity contribution is 5.56. The van der Waals surface area contributed by atoms with Gasteiger partial charge in [-0.3, -0.25) is 9.67 Å². The minimum Gasteiger partial charge on any atom is -0.355 e. The van der Waals surface area contributed by atoms with Gasteiger partial charge in [0.2, 0.25) is 0 Å². The smallest absolute Gasteiger partial charge is 0.163 e. The molecule has 0 atom stereocenters. The summed E-state index contributed by atoms with van der Waals surface area (Å²) in [6, 6.07) is 6.22. The van der Waals surface area contributed by atoms with Crippen molar-refractivity contribution >= 4 is 5.82 Å². The number of nitrogens with zero attached hydrogens (tertiary/aromatic N) is 6. The lowest BCUT2D eigenvalue weighted by Gasteiger charge is -2.18. The third kappa shape index (κ3) is 3.59. The van der Waals surface area contributed by atoms with Gasteiger partial charge in [-0.2, -0.15) is 5.10 Å². The Morgan fingerprint density at radius 2 is 2.04 bits per heavy atom. The van der Waals surface area contributed by atoms with Gasteiger partial charge in [0.05, 0.1) is 6.20 Å². The SMILES string of the molecule is Cc1cc(N(C)Cc2cnn(C(C)C)c2)nc(-c2cccnc2)n1. The van der Waals surface area contributed by atoms with E-state index in [-0.39, 0.29) is 0 Å². The average molecular weight is 322 g/mol. The number of hydrogen-bond donors (Lipinski definition) is 0. The molecule has 0 saturated heterocycles. The molecule has 0 saturated carbocycles. The summed E-state index contributed by atoms with van der Waals surface area (Å²) in [5.74, 6) is 1.58. The van der Waals surface area contributed by atoms with Crippen LogP contribution in [0.5, 0.6) is 0 Å². The van der Waals surface area contributed by atoms with E-state index in [2.05, 4.69) is 45.0 Å². The number of hydrogen-bond acceptors (Lipinski definition) is 5. The predicted octanol–water partition coefficient (Wildman–Crippen LogP) is 3.26. The van der Waals surface area contributed by atoms with Crippen molar-refractivity contribution in [2.45, 2.75) is 33.4 Å². The van der Waals surface area contributed by atoms with Crippen LogP contribution in [0.2, 0.25) is 0 Å². The molecule has 0 N–H and O–H groups in total. The molecule has 3 aromatic heterocycles. The van der Waals surface area contributed by atoms with Gasteiger partial charge in [-0.15, -0.1) is 0 Å². The lowest BCUT2D eigenvalue weighted by Crippen LogP contribution is -2.18. The van der Waals surface area contributed by atoms with Gasteiger partial charge in [0.25, 0.3) is 0 Å². The maximum absolute atomic E-state index is 4.69. The van der Waals surface area contributed by atoms with Crippen molar-refractivity contribution in [3.63, 3.8) is 0 Å². The fourth-order valence-corrected chi connectivity index (χ4v) is 2.47. The lowest BCUT2D eigenvalue weighted by atomic mass is 10.2. The molecule has 0 aromatic carbocycles. The second-order valence-electron chi connectivity index (χ2n) is 6.21. The van der Waals surface area contributed by atoms with E-state index in [1.807, 2.05) is 43.0 Å². The summed E-state index contributed by atoms with van der Waals surface area (Å²) in [5, 5.41) is 4.39. The van der Waals surface area contributed by atoms with E-state index in [9.17, 15) is 0 Å². The molecule has 24 heavy (non-hydrogen) atoms. The molecule has 3 aromatic rings. The zero-order valence-electron chi connectivity index (χ0n) is 14.5. The summed E-state index contributed by atoms with van der Waals surface area (Å²) in [6.07, 6.45) is 7.52. The number of pyridine rings is 1. The van der Waals surface area contributed by atoms with Crippen LogP contribution in [0.25, 0.3) is 11.4 Å². The fraction of sp³-hybridized carbons (Fsp3) is 0.333. The predicted molar refractivity (Wildman–Crippen MR) is 94.7 cm³/mol. The fourth-order valence-electron chi connectivity index (χ4n) is 2.47. The molecule has 3 heterocycles. The van der Waals surface area contributed by atoms with Crippen LogP contribution in [-0.4, -0.2) is 31.8 Å². The van der Waals surface area contributed by atoms with Crippen LogP contribution in [-0.2, 0) is 6.54 Å². The molecule has 0 fully saturated rings. The van der Waals surface area contributed by atoms with Gasteiger partial charge in [-0.25, -0.2) is 9.97 Å². The average Bonchev–Trinajstić information content (AvgIpc) is 3.04. The van der Waals surface area contributed by atoms with Crippen molar-refractivity contribution in [2.24, 2.45) is 0 Å². The molecule has 0 bridgehead atoms. The second-order valence-corrected chi connectivity index (χ2v) is 6.21. The number of anilines is 1. The van der Waals surface area contributed by atoms with Gasteiger partial charge in [-0.1, -0.05) is 0 Å². The standard InChI is InChI=1S/C18H22N6/c1-13(2)24-12-15(9-20-24)11-23(4)17-8-14(3)21-18(22-17)16-6-5-7-19-10-16/h5-10,12-13H,11H2,1-4H3. The summed E-state index contributed by atoms with van der Waals surface area (Å²) in [6.45, 7) is 6.97. The van der Waals surface area contributed by atoms with E-state index >= 15 is 0 Å². The van der Waals surface area contributed by atoms with E-state index in [1.54, 1.807) is 12.4 Å². The van der Waals surface area contributed by atoms with Crippen molar-refractivity contribution in [3.8, 4) is 11.4 Å². The zero-order chi connectivity index (χ0) is 17.1. The number of rotatable bonds is 5. The van der Waals surface area contributed by atoms with E-state index in [1.165, 1.54) is 0 Å². The largest absolute Gasteiger partial charge is 0.355 e. The zero-order valence-corrected chi connectivity index (χ0v) is 14.5. The molecule has 0 aliphatic heterocycles. The van der Waals surface area contributed by atoms with Crippen molar-refractivity contribution < 1.29 is 0 Å². The molecule has 0 unspecified atom stereocenters. The van der Waals surface area contributed by atoms with Gasteiger partial charge < -0.3 is 4.90 Å². The molecular formula is C18H22N6. The van der Waals surface area contributed by atoms with Crippen LogP contribution >= 0.6 is 0 Å². The van der Waals surface area contributed by atoms with Crippen molar-refractivity contribution in [2.75, 3.05) is 11.9 Å². The monoisotopic (exact) mass is 322 g/mol. The molecule has 0 spiro atoms. The molecule has 124 valence electrons. The summed E-state index contributed by atoms with van der Waals surface area (Å²) in [7, 11) is 2.03. The van der Waals surface area contributed by atoms with E-state index in [4.69, 9.17) is 0 Å². The Morgan fingerprint density at radius 3 is 2.71 bits per heavy atom. The molecule has 0 aliphatic rings. The third-order valence-corrected chi connectivity index (χ3v) is 3.76. The lowest BCUT2D eigenvalue weighted by molar-refractivity contribution is 0.532. The van der Waals surface area contributed by atoms with Crippen molar-refractivity contribution in [1.82, 2.24) is 24.7 Å². The Balaban J connectivity index is 1.84. The topological polar surface area (TPSA) is 59.7 Å². The third-order valence-electron chi connectivity index (χ3n) is 3.76. The van der Waals surface area contributed by atoms with Gasteiger partial charge in [0.15, 0.2) is 5.82 Å². The Hall–Kier alpha value is -2.76.